The first-order valence-electron chi connectivity index (χ1n) is 11.6. The highest BCUT2D eigenvalue weighted by molar-refractivity contribution is 5.85. The largest absolute Gasteiger partial charge is 0.368 e. The minimum atomic E-state index is -0.533. The summed E-state index contributed by atoms with van der Waals surface area (Å²) in [5.41, 5.74) is 9.17. The lowest BCUT2D eigenvalue weighted by Gasteiger charge is -2.48. The Morgan fingerprint density at radius 1 is 1.09 bits per heavy atom. The number of aryl methyl sites for hydroxylation is 2. The number of carbonyl (C=O) groups excluding carboxylic acids is 1. The van der Waals surface area contributed by atoms with Crippen molar-refractivity contribution in [2.75, 3.05) is 31.1 Å². The molecular formula is C23H32N8O. The van der Waals surface area contributed by atoms with Crippen LogP contribution in [0.1, 0.15) is 43.4 Å². The van der Waals surface area contributed by atoms with E-state index in [9.17, 15) is 4.79 Å². The summed E-state index contributed by atoms with van der Waals surface area (Å²) in [4.78, 5) is 26.6. The van der Waals surface area contributed by atoms with Crippen LogP contribution in [0.25, 0.3) is 17.2 Å². The molecule has 0 aliphatic carbocycles. The van der Waals surface area contributed by atoms with Gasteiger partial charge >= 0.3 is 0 Å². The highest BCUT2D eigenvalue weighted by Gasteiger charge is 2.45. The number of nitrogens with zero attached hydrogens (tertiary/aromatic N) is 7. The maximum Gasteiger partial charge on any atom is 0.238 e. The molecule has 5 heterocycles. The van der Waals surface area contributed by atoms with Crippen LogP contribution in [0.3, 0.4) is 0 Å². The molecule has 32 heavy (non-hydrogen) atoms. The first-order chi connectivity index (χ1) is 15.4. The molecule has 0 spiro atoms. The van der Waals surface area contributed by atoms with E-state index in [1.54, 1.807) is 6.20 Å². The van der Waals surface area contributed by atoms with Crippen molar-refractivity contribution in [1.82, 2.24) is 29.0 Å². The molecule has 2 saturated heterocycles. The Hall–Kier alpha value is -2.94. The molecule has 0 unspecified atom stereocenters. The molecule has 170 valence electrons. The van der Waals surface area contributed by atoms with E-state index in [0.29, 0.717) is 0 Å². The van der Waals surface area contributed by atoms with Crippen molar-refractivity contribution in [3.8, 4) is 11.5 Å². The number of nitrogens with two attached hydrogens (primary N) is 1. The average Bonchev–Trinajstić information content (AvgIpc) is 3.41. The fourth-order valence-electron chi connectivity index (χ4n) is 5.40. The van der Waals surface area contributed by atoms with Gasteiger partial charge in [-0.3, -0.25) is 9.69 Å². The number of hydrogen-bond acceptors (Lipinski definition) is 6. The van der Waals surface area contributed by atoms with Crippen LogP contribution in [0.2, 0.25) is 0 Å². The van der Waals surface area contributed by atoms with E-state index in [1.165, 1.54) is 6.42 Å². The lowest BCUT2D eigenvalue weighted by Crippen LogP contribution is -2.63. The summed E-state index contributed by atoms with van der Waals surface area (Å²) in [6.45, 7) is 7.59. The number of piperidine rings is 2. The second kappa shape index (κ2) is 7.88. The molecule has 2 aliphatic rings. The van der Waals surface area contributed by atoms with E-state index in [1.807, 2.05) is 35.3 Å². The first kappa shape index (κ1) is 20.9. The molecule has 3 aromatic rings. The molecule has 9 nitrogen and oxygen atoms in total. The van der Waals surface area contributed by atoms with Gasteiger partial charge in [-0.25, -0.2) is 9.97 Å². The lowest BCUT2D eigenvalue weighted by atomic mass is 9.83. The normalized spacial score (nSPS) is 19.5. The second-order valence-electron chi connectivity index (χ2n) is 9.24. The number of imidazole rings is 1. The van der Waals surface area contributed by atoms with Crippen molar-refractivity contribution in [1.29, 1.82) is 0 Å². The molecule has 2 fully saturated rings. The fourth-order valence-corrected chi connectivity index (χ4v) is 5.40. The van der Waals surface area contributed by atoms with E-state index in [2.05, 4.69) is 21.7 Å². The molecular weight excluding hydrogens is 404 g/mol. The van der Waals surface area contributed by atoms with Crippen LogP contribution >= 0.6 is 0 Å². The third-order valence-corrected chi connectivity index (χ3v) is 7.41. The van der Waals surface area contributed by atoms with Gasteiger partial charge in [0.05, 0.1) is 0 Å². The number of anilines is 1. The highest BCUT2D eigenvalue weighted by atomic mass is 16.1. The summed E-state index contributed by atoms with van der Waals surface area (Å²) in [7, 11) is 1.96. The summed E-state index contributed by atoms with van der Waals surface area (Å²) < 4.78 is 3.90. The molecule has 0 aromatic carbocycles. The van der Waals surface area contributed by atoms with Gasteiger partial charge in [-0.2, -0.15) is 9.61 Å². The molecule has 2 aliphatic heterocycles. The van der Waals surface area contributed by atoms with Gasteiger partial charge in [0.25, 0.3) is 0 Å². The van der Waals surface area contributed by atoms with E-state index >= 15 is 0 Å². The van der Waals surface area contributed by atoms with Crippen LogP contribution in [0.5, 0.6) is 0 Å². The van der Waals surface area contributed by atoms with Crippen LogP contribution in [-0.2, 0) is 11.8 Å². The summed E-state index contributed by atoms with van der Waals surface area (Å²) in [6.07, 6.45) is 8.69. The molecule has 2 N–H and O–H groups in total. The van der Waals surface area contributed by atoms with Crippen molar-refractivity contribution in [3.05, 3.63) is 29.7 Å². The number of likely N-dealkylation sites (tertiary alicyclic amines) is 1. The second-order valence-corrected chi connectivity index (χ2v) is 9.24. The molecule has 9 heteroatoms. The van der Waals surface area contributed by atoms with Crippen LogP contribution in [0, 0.1) is 13.8 Å². The van der Waals surface area contributed by atoms with Crippen LogP contribution in [-0.4, -0.2) is 66.7 Å². The Balaban J connectivity index is 1.50. The van der Waals surface area contributed by atoms with Gasteiger partial charge in [-0.15, -0.1) is 0 Å². The SMILES string of the molecule is Cc1nc2cc(-c3nccn3C)nn2c(N2CCC(C(N)=O)(N3CCCCC3)CC2)c1C. The minimum absolute atomic E-state index is 0.178. The Labute approximate surface area is 188 Å². The van der Waals surface area contributed by atoms with Gasteiger partial charge in [0.1, 0.15) is 17.1 Å². The van der Waals surface area contributed by atoms with Gasteiger partial charge < -0.3 is 15.2 Å². The van der Waals surface area contributed by atoms with Crippen LogP contribution in [0.15, 0.2) is 18.5 Å². The summed E-state index contributed by atoms with van der Waals surface area (Å²) >= 11 is 0. The molecule has 1 amide bonds. The van der Waals surface area contributed by atoms with E-state index in [0.717, 1.165) is 86.1 Å². The Morgan fingerprint density at radius 2 is 1.81 bits per heavy atom. The third-order valence-electron chi connectivity index (χ3n) is 7.41. The molecule has 5 rings (SSSR count). The van der Waals surface area contributed by atoms with Crippen LogP contribution < -0.4 is 10.6 Å². The molecule has 0 radical (unpaired) electrons. The number of primary amides is 1. The van der Waals surface area contributed by atoms with E-state index in [-0.39, 0.29) is 5.91 Å². The van der Waals surface area contributed by atoms with Gasteiger partial charge in [0, 0.05) is 49.9 Å². The van der Waals surface area contributed by atoms with Crippen molar-refractivity contribution in [3.63, 3.8) is 0 Å². The predicted molar refractivity (Wildman–Crippen MR) is 123 cm³/mol. The van der Waals surface area contributed by atoms with Crippen LogP contribution in [0.4, 0.5) is 5.82 Å². The number of aromatic nitrogens is 5. The maximum atomic E-state index is 12.6. The summed E-state index contributed by atoms with van der Waals surface area (Å²) in [5, 5.41) is 4.88. The van der Waals surface area contributed by atoms with Crippen molar-refractivity contribution >= 4 is 17.4 Å². The average molecular weight is 437 g/mol. The molecule has 0 bridgehead atoms. The summed E-state index contributed by atoms with van der Waals surface area (Å²) in [5.74, 6) is 1.68. The lowest BCUT2D eigenvalue weighted by molar-refractivity contribution is -0.132. The van der Waals surface area contributed by atoms with E-state index in [4.69, 9.17) is 15.8 Å². The molecule has 0 atom stereocenters. The van der Waals surface area contributed by atoms with Gasteiger partial charge in [0.2, 0.25) is 5.91 Å². The summed E-state index contributed by atoms with van der Waals surface area (Å²) in [6, 6.07) is 1.99. The quantitative estimate of drug-likeness (QED) is 0.672. The number of carbonyl (C=O) groups is 1. The zero-order valence-electron chi connectivity index (χ0n) is 19.2. The smallest absolute Gasteiger partial charge is 0.238 e. The molecule has 0 saturated carbocycles. The van der Waals surface area contributed by atoms with Crippen molar-refractivity contribution < 1.29 is 4.79 Å². The topological polar surface area (TPSA) is 97.6 Å². The Bertz CT molecular complexity index is 1150. The predicted octanol–water partition coefficient (Wildman–Crippen LogP) is 2.06. The Kier molecular flexibility index (Phi) is 5.16. The van der Waals surface area contributed by atoms with Gasteiger partial charge in [-0.05, 0) is 52.6 Å². The van der Waals surface area contributed by atoms with Crippen molar-refractivity contribution in [2.45, 2.75) is 51.5 Å². The first-order valence-corrected chi connectivity index (χ1v) is 11.6. The number of amides is 1. The number of hydrogen-bond donors (Lipinski definition) is 1. The van der Waals surface area contributed by atoms with Gasteiger partial charge in [0.15, 0.2) is 11.5 Å². The third kappa shape index (κ3) is 3.26. The van der Waals surface area contributed by atoms with Gasteiger partial charge in [-0.1, -0.05) is 6.42 Å². The minimum Gasteiger partial charge on any atom is -0.368 e. The maximum absolute atomic E-state index is 12.6. The standard InChI is InChI=1S/C23H32N8O/c1-16-17(2)26-19-15-18(20-25-9-14-28(20)3)27-31(19)21(16)29-12-7-23(8-13-29,22(24)32)30-10-5-4-6-11-30/h9,14-15H,4-8,10-13H2,1-3H3,(H2,24,32). The van der Waals surface area contributed by atoms with Crippen molar-refractivity contribution in [2.24, 2.45) is 12.8 Å². The number of fused-ring (bicyclic) bond motifs is 1. The number of rotatable bonds is 4. The molecule has 3 aromatic heterocycles. The van der Waals surface area contributed by atoms with E-state index < -0.39 is 5.54 Å². The zero-order valence-corrected chi connectivity index (χ0v) is 19.2. The fraction of sp³-hybridized carbons (Fsp3) is 0.565. The zero-order chi connectivity index (χ0) is 22.5. The Morgan fingerprint density at radius 3 is 2.44 bits per heavy atom. The monoisotopic (exact) mass is 436 g/mol. The highest BCUT2D eigenvalue weighted by Crippen LogP contribution is 2.35.